The van der Waals surface area contributed by atoms with Gasteiger partial charge in [0.15, 0.2) is 0 Å². The summed E-state index contributed by atoms with van der Waals surface area (Å²) in [6, 6.07) is 12.4. The summed E-state index contributed by atoms with van der Waals surface area (Å²) in [5, 5.41) is 3.50. The Labute approximate surface area is 129 Å². The summed E-state index contributed by atoms with van der Waals surface area (Å²) in [7, 11) is 1.62. The van der Waals surface area contributed by atoms with Crippen LogP contribution in [0.25, 0.3) is 0 Å². The van der Waals surface area contributed by atoms with Gasteiger partial charge in [-0.3, -0.25) is 0 Å². The van der Waals surface area contributed by atoms with Gasteiger partial charge in [0.2, 0.25) is 0 Å². The topological polar surface area (TPSA) is 21.3 Å². The largest absolute Gasteiger partial charge is 0.496 e. The maximum absolute atomic E-state index is 14.4. The highest BCUT2D eigenvalue weighted by atomic mass is 35.5. The van der Waals surface area contributed by atoms with Crippen LogP contribution in [0.4, 0.5) is 4.39 Å². The molecule has 0 aromatic heterocycles. The van der Waals surface area contributed by atoms with E-state index in [-0.39, 0.29) is 11.1 Å². The van der Waals surface area contributed by atoms with E-state index in [1.54, 1.807) is 25.3 Å². The Morgan fingerprint density at radius 3 is 2.57 bits per heavy atom. The molecule has 0 aliphatic rings. The number of ether oxygens (including phenoxy) is 1. The van der Waals surface area contributed by atoms with Crippen LogP contribution in [0.5, 0.6) is 5.75 Å². The van der Waals surface area contributed by atoms with Crippen LogP contribution < -0.4 is 10.1 Å². The van der Waals surface area contributed by atoms with E-state index in [9.17, 15) is 4.39 Å². The van der Waals surface area contributed by atoms with E-state index in [0.717, 1.165) is 24.3 Å². The lowest BCUT2D eigenvalue weighted by atomic mass is 9.97. The standard InChI is InChI=1S/C17H19ClFNO/c1-3-11-20-17(12-7-4-5-10-15(12)21-2)13-8-6-9-14(18)16(13)19/h4-10,17,20H,3,11H2,1-2H3. The third-order valence-corrected chi connectivity index (χ3v) is 3.63. The summed E-state index contributed by atoms with van der Waals surface area (Å²) in [5.41, 5.74) is 1.43. The van der Waals surface area contributed by atoms with Gasteiger partial charge >= 0.3 is 0 Å². The molecule has 2 nitrogen and oxygen atoms in total. The Hall–Kier alpha value is -1.58. The van der Waals surface area contributed by atoms with Gasteiger partial charge in [-0.15, -0.1) is 0 Å². The predicted molar refractivity (Wildman–Crippen MR) is 84.5 cm³/mol. The number of hydrogen-bond acceptors (Lipinski definition) is 2. The summed E-state index contributed by atoms with van der Waals surface area (Å²) in [5.74, 6) is 0.337. The second-order valence-corrected chi connectivity index (χ2v) is 5.18. The van der Waals surface area contributed by atoms with Crippen molar-refractivity contribution in [2.75, 3.05) is 13.7 Å². The number of hydrogen-bond donors (Lipinski definition) is 1. The molecule has 1 unspecified atom stereocenters. The Kier molecular flexibility index (Phi) is 5.59. The lowest BCUT2D eigenvalue weighted by Gasteiger charge is -2.22. The van der Waals surface area contributed by atoms with Crippen molar-refractivity contribution in [2.24, 2.45) is 0 Å². The second kappa shape index (κ2) is 7.43. The molecule has 0 spiro atoms. The molecule has 21 heavy (non-hydrogen) atoms. The van der Waals surface area contributed by atoms with Crippen molar-refractivity contribution in [2.45, 2.75) is 19.4 Å². The molecule has 4 heteroatoms. The van der Waals surface area contributed by atoms with Gasteiger partial charge in [-0.05, 0) is 25.1 Å². The first-order chi connectivity index (χ1) is 10.2. The zero-order chi connectivity index (χ0) is 15.2. The van der Waals surface area contributed by atoms with Crippen molar-refractivity contribution in [3.8, 4) is 5.75 Å². The lowest BCUT2D eigenvalue weighted by molar-refractivity contribution is 0.402. The van der Waals surface area contributed by atoms with Crippen molar-refractivity contribution in [1.29, 1.82) is 0 Å². The van der Waals surface area contributed by atoms with Crippen LogP contribution >= 0.6 is 11.6 Å². The molecule has 0 bridgehead atoms. The van der Waals surface area contributed by atoms with Crippen LogP contribution in [-0.2, 0) is 0 Å². The number of halogens is 2. The van der Waals surface area contributed by atoms with Crippen molar-refractivity contribution in [1.82, 2.24) is 5.32 Å². The highest BCUT2D eigenvalue weighted by Gasteiger charge is 2.21. The first-order valence-electron chi connectivity index (χ1n) is 6.99. The van der Waals surface area contributed by atoms with Crippen LogP contribution in [0.1, 0.15) is 30.5 Å². The Morgan fingerprint density at radius 2 is 1.86 bits per heavy atom. The molecule has 0 saturated carbocycles. The third-order valence-electron chi connectivity index (χ3n) is 3.34. The second-order valence-electron chi connectivity index (χ2n) is 4.77. The summed E-state index contributed by atoms with van der Waals surface area (Å²) in [6.07, 6.45) is 0.952. The third kappa shape index (κ3) is 3.55. The Morgan fingerprint density at radius 1 is 1.14 bits per heavy atom. The molecule has 1 atom stereocenters. The molecule has 1 N–H and O–H groups in total. The SMILES string of the molecule is CCCNC(c1ccccc1OC)c1cccc(Cl)c1F. The van der Waals surface area contributed by atoms with Gasteiger partial charge in [0.25, 0.3) is 0 Å². The normalized spacial score (nSPS) is 12.2. The van der Waals surface area contributed by atoms with Crippen molar-refractivity contribution < 1.29 is 9.13 Å². The van der Waals surface area contributed by atoms with Crippen molar-refractivity contribution >= 4 is 11.6 Å². The van der Waals surface area contributed by atoms with E-state index in [1.807, 2.05) is 24.3 Å². The van der Waals surface area contributed by atoms with Gasteiger partial charge < -0.3 is 10.1 Å². The van der Waals surface area contributed by atoms with Gasteiger partial charge in [0, 0.05) is 11.1 Å². The zero-order valence-electron chi connectivity index (χ0n) is 12.2. The molecule has 0 aliphatic heterocycles. The van der Waals surface area contributed by atoms with Gasteiger partial charge in [-0.1, -0.05) is 48.9 Å². The number of rotatable bonds is 6. The molecule has 0 saturated heterocycles. The highest BCUT2D eigenvalue weighted by Crippen LogP contribution is 2.33. The van der Waals surface area contributed by atoms with E-state index < -0.39 is 5.82 Å². The van der Waals surface area contributed by atoms with Gasteiger partial charge in [0.1, 0.15) is 11.6 Å². The molecule has 2 aromatic rings. The minimum absolute atomic E-state index is 0.130. The van der Waals surface area contributed by atoms with Crippen molar-refractivity contribution in [3.05, 3.63) is 64.4 Å². The smallest absolute Gasteiger partial charge is 0.146 e. The molecule has 0 aliphatic carbocycles. The average molecular weight is 308 g/mol. The number of benzene rings is 2. The fourth-order valence-corrected chi connectivity index (χ4v) is 2.51. The maximum Gasteiger partial charge on any atom is 0.146 e. The van der Waals surface area contributed by atoms with Crippen LogP contribution in [-0.4, -0.2) is 13.7 Å². The van der Waals surface area contributed by atoms with E-state index in [0.29, 0.717) is 5.56 Å². The zero-order valence-corrected chi connectivity index (χ0v) is 13.0. The molecule has 0 heterocycles. The minimum atomic E-state index is -0.390. The molecule has 2 aromatic carbocycles. The number of nitrogens with one attached hydrogen (secondary N) is 1. The van der Waals surface area contributed by atoms with E-state index >= 15 is 0 Å². The first kappa shape index (κ1) is 15.8. The van der Waals surface area contributed by atoms with Crippen molar-refractivity contribution in [3.63, 3.8) is 0 Å². The van der Waals surface area contributed by atoms with E-state index in [1.165, 1.54) is 0 Å². The first-order valence-corrected chi connectivity index (χ1v) is 7.37. The maximum atomic E-state index is 14.4. The summed E-state index contributed by atoms with van der Waals surface area (Å²) in [6.45, 7) is 2.84. The predicted octanol–water partition coefficient (Wildman–Crippen LogP) is 4.58. The van der Waals surface area contributed by atoms with Gasteiger partial charge in [-0.2, -0.15) is 0 Å². The summed E-state index contributed by atoms with van der Waals surface area (Å²) >= 11 is 5.92. The average Bonchev–Trinajstić information content (AvgIpc) is 2.52. The fraction of sp³-hybridized carbons (Fsp3) is 0.294. The minimum Gasteiger partial charge on any atom is -0.496 e. The van der Waals surface area contributed by atoms with Gasteiger partial charge in [0.05, 0.1) is 18.2 Å². The summed E-state index contributed by atoms with van der Waals surface area (Å²) in [4.78, 5) is 0. The fourth-order valence-electron chi connectivity index (χ4n) is 2.32. The molecular formula is C17H19ClFNO. The Balaban J connectivity index is 2.50. The summed E-state index contributed by atoms with van der Waals surface area (Å²) < 4.78 is 19.8. The molecule has 0 fully saturated rings. The van der Waals surface area contributed by atoms with Crippen LogP contribution in [0.15, 0.2) is 42.5 Å². The quantitative estimate of drug-likeness (QED) is 0.843. The molecular weight excluding hydrogens is 289 g/mol. The molecule has 2 rings (SSSR count). The molecule has 0 amide bonds. The van der Waals surface area contributed by atoms with Crippen LogP contribution in [0.2, 0.25) is 5.02 Å². The van der Waals surface area contributed by atoms with Crippen LogP contribution in [0.3, 0.4) is 0 Å². The lowest BCUT2D eigenvalue weighted by Crippen LogP contribution is -2.24. The Bertz CT molecular complexity index is 603. The van der Waals surface area contributed by atoms with E-state index in [2.05, 4.69) is 12.2 Å². The van der Waals surface area contributed by atoms with E-state index in [4.69, 9.17) is 16.3 Å². The molecule has 0 radical (unpaired) electrons. The monoisotopic (exact) mass is 307 g/mol. The van der Waals surface area contributed by atoms with Gasteiger partial charge in [-0.25, -0.2) is 4.39 Å². The number of para-hydroxylation sites is 1. The molecule has 112 valence electrons. The van der Waals surface area contributed by atoms with Crippen LogP contribution in [0, 0.1) is 5.82 Å². The highest BCUT2D eigenvalue weighted by molar-refractivity contribution is 6.30. The number of methoxy groups -OCH3 is 1.